The lowest BCUT2D eigenvalue weighted by Gasteiger charge is -2.15. The third-order valence-corrected chi connectivity index (χ3v) is 10.5. The largest absolute Gasteiger partial charge is 0.309 e. The molecule has 0 unspecified atom stereocenters. The highest BCUT2D eigenvalue weighted by Gasteiger charge is 2.23. The van der Waals surface area contributed by atoms with Gasteiger partial charge in [-0.3, -0.25) is 4.57 Å². The fourth-order valence-electron chi connectivity index (χ4n) is 8.26. The minimum absolute atomic E-state index is 0.655. The van der Waals surface area contributed by atoms with Crippen LogP contribution in [0, 0.1) is 0 Å². The van der Waals surface area contributed by atoms with Crippen molar-refractivity contribution in [2.45, 2.75) is 0 Å². The second kappa shape index (κ2) is 11.2. The third kappa shape index (κ3) is 4.21. The Labute approximate surface area is 299 Å². The monoisotopic (exact) mass is 662 g/mol. The second-order valence-corrected chi connectivity index (χ2v) is 13.4. The van der Waals surface area contributed by atoms with Crippen LogP contribution in [0.2, 0.25) is 0 Å². The summed E-state index contributed by atoms with van der Waals surface area (Å²) in [5, 5.41) is 8.21. The summed E-state index contributed by atoms with van der Waals surface area (Å²) >= 11 is 0. The van der Waals surface area contributed by atoms with E-state index in [9.17, 15) is 0 Å². The van der Waals surface area contributed by atoms with Crippen molar-refractivity contribution in [1.82, 2.24) is 19.1 Å². The molecule has 52 heavy (non-hydrogen) atoms. The van der Waals surface area contributed by atoms with Crippen molar-refractivity contribution in [3.05, 3.63) is 182 Å². The van der Waals surface area contributed by atoms with Gasteiger partial charge in [-0.05, 0) is 64.9 Å². The van der Waals surface area contributed by atoms with Crippen LogP contribution in [0.3, 0.4) is 0 Å². The first-order valence-electron chi connectivity index (χ1n) is 17.7. The van der Waals surface area contributed by atoms with Gasteiger partial charge < -0.3 is 4.57 Å². The SMILES string of the molecule is c1ccc(-c2nc(-n3c4ccccc4c4cc5ccccc5c(-c5ccc6c(c5)c5ccccc5n6-c5ccccc5)c43)nc3ccccc23)cc1. The number of benzene rings is 8. The van der Waals surface area contributed by atoms with Gasteiger partial charge in [-0.25, -0.2) is 9.97 Å². The maximum absolute atomic E-state index is 5.41. The van der Waals surface area contributed by atoms with Gasteiger partial charge in [0.25, 0.3) is 0 Å². The van der Waals surface area contributed by atoms with Crippen LogP contribution in [0.15, 0.2) is 182 Å². The van der Waals surface area contributed by atoms with Crippen LogP contribution < -0.4 is 0 Å². The van der Waals surface area contributed by atoms with Crippen LogP contribution in [-0.4, -0.2) is 19.1 Å². The highest BCUT2D eigenvalue weighted by Crippen LogP contribution is 2.44. The Morgan fingerprint density at radius 2 is 0.962 bits per heavy atom. The highest BCUT2D eigenvalue weighted by molar-refractivity contribution is 6.22. The zero-order chi connectivity index (χ0) is 34.2. The maximum atomic E-state index is 5.41. The van der Waals surface area contributed by atoms with E-state index in [4.69, 9.17) is 9.97 Å². The average Bonchev–Trinajstić information content (AvgIpc) is 3.72. The fraction of sp³-hybridized carbons (Fsp3) is 0. The molecule has 0 bridgehead atoms. The molecule has 0 fully saturated rings. The standard InChI is InChI=1S/C48H30N4/c1-3-15-31(16-4-1)46-38-23-9-12-24-41(38)49-48(50-46)52-43-26-14-11-22-37(43)40-29-32-17-7-8-20-35(32)45(47(40)52)33-27-28-44-39(30-33)36-21-10-13-25-42(36)51(44)34-18-5-2-6-19-34/h1-30H. The molecule has 4 nitrogen and oxygen atoms in total. The predicted octanol–water partition coefficient (Wildman–Crippen LogP) is 12.3. The smallest absolute Gasteiger partial charge is 0.235 e. The van der Waals surface area contributed by atoms with Crippen LogP contribution in [0.1, 0.15) is 0 Å². The normalized spacial score (nSPS) is 11.8. The molecule has 0 aliphatic heterocycles. The topological polar surface area (TPSA) is 35.6 Å². The molecule has 0 saturated carbocycles. The highest BCUT2D eigenvalue weighted by atomic mass is 15.2. The minimum Gasteiger partial charge on any atom is -0.309 e. The number of aromatic nitrogens is 4. The van der Waals surface area contributed by atoms with Gasteiger partial charge in [0.1, 0.15) is 0 Å². The fourth-order valence-corrected chi connectivity index (χ4v) is 8.26. The Bertz CT molecular complexity index is 3170. The Morgan fingerprint density at radius 1 is 0.365 bits per heavy atom. The van der Waals surface area contributed by atoms with Crippen LogP contribution in [0.4, 0.5) is 0 Å². The van der Waals surface area contributed by atoms with E-state index in [1.54, 1.807) is 0 Å². The van der Waals surface area contributed by atoms with Crippen LogP contribution >= 0.6 is 0 Å². The zero-order valence-corrected chi connectivity index (χ0v) is 28.1. The molecule has 0 spiro atoms. The molecule has 11 aromatic rings. The number of hydrogen-bond acceptors (Lipinski definition) is 2. The van der Waals surface area contributed by atoms with E-state index in [0.717, 1.165) is 44.4 Å². The van der Waals surface area contributed by atoms with Gasteiger partial charge in [0.05, 0.1) is 33.3 Å². The summed E-state index contributed by atoms with van der Waals surface area (Å²) in [7, 11) is 0. The number of para-hydroxylation sites is 4. The Hall–Kier alpha value is -7.04. The molecular weight excluding hydrogens is 633 g/mol. The van der Waals surface area contributed by atoms with Crippen LogP contribution in [-0.2, 0) is 0 Å². The first kappa shape index (κ1) is 28.8. The quantitative estimate of drug-likeness (QED) is 0.188. The van der Waals surface area contributed by atoms with Crippen molar-refractivity contribution < 1.29 is 0 Å². The molecule has 8 aromatic carbocycles. The number of hydrogen-bond donors (Lipinski definition) is 0. The van der Waals surface area contributed by atoms with Crippen molar-refractivity contribution in [3.63, 3.8) is 0 Å². The van der Waals surface area contributed by atoms with Crippen molar-refractivity contribution >= 4 is 65.3 Å². The van der Waals surface area contributed by atoms with Crippen molar-refractivity contribution in [2.75, 3.05) is 0 Å². The average molecular weight is 663 g/mol. The molecule has 4 heteroatoms. The lowest BCUT2D eigenvalue weighted by atomic mass is 9.94. The first-order valence-corrected chi connectivity index (χ1v) is 17.7. The summed E-state index contributed by atoms with van der Waals surface area (Å²) in [6, 6.07) is 64.9. The maximum Gasteiger partial charge on any atom is 0.235 e. The van der Waals surface area contributed by atoms with Crippen molar-refractivity contribution in [1.29, 1.82) is 0 Å². The van der Waals surface area contributed by atoms with Gasteiger partial charge in [-0.15, -0.1) is 0 Å². The van der Waals surface area contributed by atoms with Crippen molar-refractivity contribution in [3.8, 4) is 34.0 Å². The molecule has 0 amide bonds. The van der Waals surface area contributed by atoms with E-state index in [0.29, 0.717) is 5.95 Å². The molecule has 0 aliphatic carbocycles. The molecule has 0 radical (unpaired) electrons. The summed E-state index contributed by atoms with van der Waals surface area (Å²) < 4.78 is 4.67. The van der Waals surface area contributed by atoms with E-state index >= 15 is 0 Å². The summed E-state index contributed by atoms with van der Waals surface area (Å²) in [6.45, 7) is 0. The van der Waals surface area contributed by atoms with Gasteiger partial charge in [-0.1, -0.05) is 133 Å². The van der Waals surface area contributed by atoms with E-state index in [1.165, 1.54) is 48.9 Å². The summed E-state index contributed by atoms with van der Waals surface area (Å²) in [6.07, 6.45) is 0. The van der Waals surface area contributed by atoms with Gasteiger partial charge in [0, 0.05) is 43.7 Å². The van der Waals surface area contributed by atoms with Crippen LogP contribution in [0.25, 0.3) is 99.3 Å². The van der Waals surface area contributed by atoms with Gasteiger partial charge in [0.2, 0.25) is 5.95 Å². The Morgan fingerprint density at radius 3 is 1.75 bits per heavy atom. The molecule has 0 atom stereocenters. The van der Waals surface area contributed by atoms with E-state index in [2.05, 4.69) is 185 Å². The lowest BCUT2D eigenvalue weighted by Crippen LogP contribution is -2.04. The van der Waals surface area contributed by atoms with E-state index in [-0.39, 0.29) is 0 Å². The minimum atomic E-state index is 0.655. The Kier molecular flexibility index (Phi) is 6.22. The van der Waals surface area contributed by atoms with Crippen molar-refractivity contribution in [2.24, 2.45) is 0 Å². The summed E-state index contributed by atoms with van der Waals surface area (Å²) in [4.78, 5) is 10.7. The Balaban J connectivity index is 1.28. The first-order chi connectivity index (χ1) is 25.8. The zero-order valence-electron chi connectivity index (χ0n) is 28.1. The second-order valence-electron chi connectivity index (χ2n) is 13.4. The summed E-state index contributed by atoms with van der Waals surface area (Å²) in [5.41, 5.74) is 10.9. The molecule has 0 N–H and O–H groups in total. The predicted molar refractivity (Wildman–Crippen MR) is 217 cm³/mol. The molecule has 3 aromatic heterocycles. The number of rotatable bonds is 4. The molecule has 11 rings (SSSR count). The lowest BCUT2D eigenvalue weighted by molar-refractivity contribution is 1.01. The molecule has 0 saturated heterocycles. The molecule has 0 aliphatic rings. The van der Waals surface area contributed by atoms with Crippen LogP contribution in [0.5, 0.6) is 0 Å². The molecule has 3 heterocycles. The number of nitrogens with zero attached hydrogens (tertiary/aromatic N) is 4. The third-order valence-electron chi connectivity index (χ3n) is 10.5. The number of fused-ring (bicyclic) bond motifs is 8. The molecular formula is C48H30N4. The summed E-state index contributed by atoms with van der Waals surface area (Å²) in [5.74, 6) is 0.655. The van der Waals surface area contributed by atoms with Gasteiger partial charge in [0.15, 0.2) is 0 Å². The van der Waals surface area contributed by atoms with Gasteiger partial charge >= 0.3 is 0 Å². The molecule has 242 valence electrons. The van der Waals surface area contributed by atoms with E-state index in [1.807, 2.05) is 6.07 Å². The van der Waals surface area contributed by atoms with E-state index < -0.39 is 0 Å². The van der Waals surface area contributed by atoms with Gasteiger partial charge in [-0.2, -0.15) is 0 Å².